The minimum atomic E-state index is -3.25. The number of hydrogen-bond acceptors (Lipinski definition) is 4. The van der Waals surface area contributed by atoms with Crippen molar-refractivity contribution in [1.29, 1.82) is 0 Å². The Hall–Kier alpha value is 0.260. The van der Waals surface area contributed by atoms with E-state index in [1.165, 1.54) is 7.11 Å². The quantitative estimate of drug-likeness (QED) is 0.701. The normalized spacial score (nSPS) is 29.0. The first-order valence-corrected chi connectivity index (χ1v) is 7.75. The lowest BCUT2D eigenvalue weighted by molar-refractivity contribution is 0.358. The molecule has 0 aromatic carbocycles. The molecule has 0 unspecified atom stereocenters. The van der Waals surface area contributed by atoms with E-state index in [1.807, 2.05) is 11.8 Å². The van der Waals surface area contributed by atoms with Crippen LogP contribution in [0, 0.1) is 5.92 Å². The van der Waals surface area contributed by atoms with Gasteiger partial charge in [-0.3, -0.25) is 4.18 Å². The SMILES string of the molecule is COS(=O)(=O)CC1CCC(SC)CC1. The van der Waals surface area contributed by atoms with Crippen molar-refractivity contribution in [3.63, 3.8) is 0 Å². The van der Waals surface area contributed by atoms with Gasteiger partial charge in [0.2, 0.25) is 0 Å². The van der Waals surface area contributed by atoms with E-state index >= 15 is 0 Å². The van der Waals surface area contributed by atoms with E-state index in [2.05, 4.69) is 10.4 Å². The molecule has 1 aliphatic rings. The number of thioether (sulfide) groups is 1. The Balaban J connectivity index is 2.36. The monoisotopic (exact) mass is 238 g/mol. The van der Waals surface area contributed by atoms with Gasteiger partial charge in [-0.1, -0.05) is 0 Å². The summed E-state index contributed by atoms with van der Waals surface area (Å²) in [5.74, 6) is 0.508. The Morgan fingerprint density at radius 1 is 1.29 bits per heavy atom. The highest BCUT2D eigenvalue weighted by molar-refractivity contribution is 7.99. The lowest BCUT2D eigenvalue weighted by Gasteiger charge is -2.26. The van der Waals surface area contributed by atoms with Crippen LogP contribution in [0.4, 0.5) is 0 Å². The maximum absolute atomic E-state index is 11.2. The zero-order valence-corrected chi connectivity index (χ0v) is 10.4. The smallest absolute Gasteiger partial charge is 0.267 e. The van der Waals surface area contributed by atoms with Crippen molar-refractivity contribution in [2.75, 3.05) is 19.1 Å². The third-order valence-corrected chi connectivity index (χ3v) is 5.35. The zero-order valence-electron chi connectivity index (χ0n) is 8.73. The average molecular weight is 238 g/mol. The van der Waals surface area contributed by atoms with Gasteiger partial charge in [0.25, 0.3) is 10.1 Å². The van der Waals surface area contributed by atoms with Crippen molar-refractivity contribution < 1.29 is 12.6 Å². The van der Waals surface area contributed by atoms with Crippen molar-refractivity contribution in [1.82, 2.24) is 0 Å². The van der Waals surface area contributed by atoms with Crippen LogP contribution in [0.25, 0.3) is 0 Å². The van der Waals surface area contributed by atoms with E-state index < -0.39 is 10.1 Å². The summed E-state index contributed by atoms with van der Waals surface area (Å²) in [7, 11) is -2.01. The third kappa shape index (κ3) is 3.79. The molecule has 1 saturated carbocycles. The van der Waals surface area contributed by atoms with Gasteiger partial charge in [-0.05, 0) is 37.9 Å². The fourth-order valence-corrected chi connectivity index (χ4v) is 3.68. The second kappa shape index (κ2) is 5.37. The highest BCUT2D eigenvalue weighted by Gasteiger charge is 2.24. The minimum absolute atomic E-state index is 0.199. The molecule has 0 atom stereocenters. The molecule has 0 aromatic rings. The Kier molecular flexibility index (Phi) is 4.73. The van der Waals surface area contributed by atoms with Gasteiger partial charge in [-0.2, -0.15) is 20.2 Å². The lowest BCUT2D eigenvalue weighted by Crippen LogP contribution is -2.23. The first-order chi connectivity index (χ1) is 6.57. The van der Waals surface area contributed by atoms with Crippen molar-refractivity contribution in [2.24, 2.45) is 5.92 Å². The topological polar surface area (TPSA) is 43.4 Å². The molecule has 1 fully saturated rings. The van der Waals surface area contributed by atoms with Gasteiger partial charge in [-0.15, -0.1) is 0 Å². The molecule has 0 heterocycles. The number of rotatable bonds is 4. The molecule has 0 spiro atoms. The third-order valence-electron chi connectivity index (χ3n) is 2.82. The molecule has 5 heteroatoms. The zero-order chi connectivity index (χ0) is 10.6. The highest BCUT2D eigenvalue weighted by atomic mass is 32.2. The minimum Gasteiger partial charge on any atom is -0.273 e. The molecule has 0 bridgehead atoms. The summed E-state index contributed by atoms with van der Waals surface area (Å²) < 4.78 is 26.8. The Morgan fingerprint density at radius 3 is 2.29 bits per heavy atom. The molecular formula is C9H18O3S2. The van der Waals surface area contributed by atoms with Crippen molar-refractivity contribution in [3.8, 4) is 0 Å². The molecule has 0 aliphatic heterocycles. The molecule has 84 valence electrons. The van der Waals surface area contributed by atoms with Gasteiger partial charge in [0.15, 0.2) is 0 Å². The van der Waals surface area contributed by atoms with Gasteiger partial charge in [-0.25, -0.2) is 0 Å². The summed E-state index contributed by atoms with van der Waals surface area (Å²) in [6.07, 6.45) is 6.45. The van der Waals surface area contributed by atoms with Crippen LogP contribution >= 0.6 is 11.8 Å². The fourth-order valence-electron chi connectivity index (χ4n) is 1.89. The standard InChI is InChI=1S/C9H18O3S2/c1-12-14(10,11)7-8-3-5-9(13-2)6-4-8/h8-9H,3-7H2,1-2H3. The van der Waals surface area contributed by atoms with Crippen LogP contribution in [-0.2, 0) is 14.3 Å². The van der Waals surface area contributed by atoms with Crippen molar-refractivity contribution in [2.45, 2.75) is 30.9 Å². The second-order valence-corrected chi connectivity index (χ2v) is 6.69. The molecule has 0 amide bonds. The van der Waals surface area contributed by atoms with E-state index in [0.717, 1.165) is 30.9 Å². The van der Waals surface area contributed by atoms with E-state index in [9.17, 15) is 8.42 Å². The van der Waals surface area contributed by atoms with Crippen LogP contribution < -0.4 is 0 Å². The van der Waals surface area contributed by atoms with E-state index in [4.69, 9.17) is 0 Å². The molecule has 1 aliphatic carbocycles. The molecule has 0 N–H and O–H groups in total. The Labute approximate surface area is 90.7 Å². The molecule has 14 heavy (non-hydrogen) atoms. The summed E-state index contributed by atoms with van der Waals surface area (Å²) in [6.45, 7) is 0. The van der Waals surface area contributed by atoms with Crippen LogP contribution in [0.3, 0.4) is 0 Å². The predicted molar refractivity (Wildman–Crippen MR) is 60.1 cm³/mol. The van der Waals surface area contributed by atoms with Crippen LogP contribution in [0.15, 0.2) is 0 Å². The van der Waals surface area contributed by atoms with Crippen LogP contribution in [-0.4, -0.2) is 32.8 Å². The van der Waals surface area contributed by atoms with E-state index in [0.29, 0.717) is 5.92 Å². The molecule has 0 saturated heterocycles. The van der Waals surface area contributed by atoms with Crippen LogP contribution in [0.1, 0.15) is 25.7 Å². The average Bonchev–Trinajstić information content (AvgIpc) is 2.19. The van der Waals surface area contributed by atoms with Crippen LogP contribution in [0.2, 0.25) is 0 Å². The first-order valence-electron chi connectivity index (χ1n) is 4.88. The summed E-state index contributed by atoms with van der Waals surface area (Å²) >= 11 is 1.89. The van der Waals surface area contributed by atoms with Gasteiger partial charge in [0.05, 0.1) is 12.9 Å². The molecule has 0 aromatic heterocycles. The summed E-state index contributed by atoms with van der Waals surface area (Å²) in [5, 5.41) is 0.733. The summed E-state index contributed by atoms with van der Waals surface area (Å²) in [4.78, 5) is 0. The first kappa shape index (κ1) is 12.3. The Morgan fingerprint density at radius 2 is 1.86 bits per heavy atom. The van der Waals surface area contributed by atoms with Gasteiger partial charge in [0, 0.05) is 5.25 Å². The van der Waals surface area contributed by atoms with E-state index in [-0.39, 0.29) is 5.75 Å². The lowest BCUT2D eigenvalue weighted by atomic mass is 9.90. The van der Waals surface area contributed by atoms with Crippen molar-refractivity contribution in [3.05, 3.63) is 0 Å². The maximum atomic E-state index is 11.2. The second-order valence-electron chi connectivity index (χ2n) is 3.77. The maximum Gasteiger partial charge on any atom is 0.267 e. The van der Waals surface area contributed by atoms with Crippen LogP contribution in [0.5, 0.6) is 0 Å². The molecular weight excluding hydrogens is 220 g/mol. The number of hydrogen-bond donors (Lipinski definition) is 0. The molecule has 1 rings (SSSR count). The summed E-state index contributed by atoms with van der Waals surface area (Å²) in [5.41, 5.74) is 0. The van der Waals surface area contributed by atoms with Gasteiger partial charge < -0.3 is 0 Å². The highest BCUT2D eigenvalue weighted by Crippen LogP contribution is 2.31. The van der Waals surface area contributed by atoms with Gasteiger partial charge >= 0.3 is 0 Å². The molecule has 0 radical (unpaired) electrons. The predicted octanol–water partition coefficient (Wildman–Crippen LogP) is 1.88. The largest absolute Gasteiger partial charge is 0.273 e. The molecule has 3 nitrogen and oxygen atoms in total. The fraction of sp³-hybridized carbons (Fsp3) is 1.00. The Bertz CT molecular complexity index is 253. The van der Waals surface area contributed by atoms with Gasteiger partial charge in [0.1, 0.15) is 0 Å². The summed E-state index contributed by atoms with van der Waals surface area (Å²) in [6, 6.07) is 0. The van der Waals surface area contributed by atoms with Crippen molar-refractivity contribution >= 4 is 21.9 Å². The van der Waals surface area contributed by atoms with E-state index in [1.54, 1.807) is 0 Å².